The molecule has 0 unspecified atom stereocenters. The van der Waals surface area contributed by atoms with Crippen molar-refractivity contribution < 1.29 is 8.42 Å². The van der Waals surface area contributed by atoms with Crippen molar-refractivity contribution in [3.05, 3.63) is 11.6 Å². The van der Waals surface area contributed by atoms with E-state index in [1.165, 1.54) is 6.42 Å². The maximum atomic E-state index is 11.0. The zero-order valence-electron chi connectivity index (χ0n) is 8.04. The zero-order chi connectivity index (χ0) is 9.73. The largest absolute Gasteiger partial charge is 0.313 e. The molecule has 1 aliphatic rings. The minimum atomic E-state index is -2.77. The first-order valence-electron chi connectivity index (χ1n) is 4.73. The number of sulfone groups is 1. The summed E-state index contributed by atoms with van der Waals surface area (Å²) in [6, 6.07) is 0. The van der Waals surface area contributed by atoms with E-state index in [0.717, 1.165) is 25.1 Å². The van der Waals surface area contributed by atoms with Crippen LogP contribution >= 0.6 is 0 Å². The number of unbranched alkanes of at least 4 members (excludes halogenated alkanes) is 1. The highest BCUT2D eigenvalue weighted by molar-refractivity contribution is 7.92. The van der Waals surface area contributed by atoms with Crippen LogP contribution < -0.4 is 5.32 Å². The molecule has 0 aromatic heterocycles. The van der Waals surface area contributed by atoms with Gasteiger partial charge in [0.2, 0.25) is 0 Å². The standard InChI is InChI=1S/C9H17NO2S/c1-2-3-5-10-7-9-4-6-13(11,12)8-9/h4,10H,2-3,5-8H2,1H3. The van der Waals surface area contributed by atoms with Gasteiger partial charge in [0.1, 0.15) is 0 Å². The number of rotatable bonds is 5. The first kappa shape index (κ1) is 10.7. The molecule has 0 aromatic carbocycles. The van der Waals surface area contributed by atoms with Crippen molar-refractivity contribution in [3.63, 3.8) is 0 Å². The SMILES string of the molecule is CCCCNCC1=CCS(=O)(=O)C1. The molecule has 76 valence electrons. The summed E-state index contributed by atoms with van der Waals surface area (Å²) >= 11 is 0. The van der Waals surface area contributed by atoms with Gasteiger partial charge in [-0.2, -0.15) is 0 Å². The molecule has 4 heteroatoms. The molecule has 1 rings (SSSR count). The van der Waals surface area contributed by atoms with Gasteiger partial charge in [-0.3, -0.25) is 0 Å². The van der Waals surface area contributed by atoms with E-state index in [-0.39, 0.29) is 11.5 Å². The van der Waals surface area contributed by atoms with Crippen LogP contribution in [0.25, 0.3) is 0 Å². The van der Waals surface area contributed by atoms with Crippen LogP contribution in [0.3, 0.4) is 0 Å². The Morgan fingerprint density at radius 1 is 1.54 bits per heavy atom. The van der Waals surface area contributed by atoms with E-state index < -0.39 is 9.84 Å². The Morgan fingerprint density at radius 2 is 2.31 bits per heavy atom. The number of hydrogen-bond acceptors (Lipinski definition) is 3. The third kappa shape index (κ3) is 3.91. The summed E-state index contributed by atoms with van der Waals surface area (Å²) in [7, 11) is -2.77. The highest BCUT2D eigenvalue weighted by Gasteiger charge is 2.18. The molecule has 0 saturated carbocycles. The molecular formula is C9H17NO2S. The lowest BCUT2D eigenvalue weighted by atomic mass is 10.3. The minimum absolute atomic E-state index is 0.234. The molecule has 1 N–H and O–H groups in total. The fraction of sp³-hybridized carbons (Fsp3) is 0.778. The Bertz CT molecular complexity index is 280. The van der Waals surface area contributed by atoms with E-state index in [4.69, 9.17) is 0 Å². The van der Waals surface area contributed by atoms with Gasteiger partial charge in [0.15, 0.2) is 9.84 Å². The zero-order valence-corrected chi connectivity index (χ0v) is 8.86. The van der Waals surface area contributed by atoms with Crippen molar-refractivity contribution >= 4 is 9.84 Å². The number of hydrogen-bond donors (Lipinski definition) is 1. The van der Waals surface area contributed by atoms with Gasteiger partial charge < -0.3 is 5.32 Å². The normalized spacial score (nSPS) is 20.2. The molecule has 1 aliphatic heterocycles. The second-order valence-electron chi connectivity index (χ2n) is 3.45. The van der Waals surface area contributed by atoms with Crippen molar-refractivity contribution in [1.29, 1.82) is 0 Å². The first-order chi connectivity index (χ1) is 6.14. The summed E-state index contributed by atoms with van der Waals surface area (Å²) in [5.41, 5.74) is 1.02. The van der Waals surface area contributed by atoms with Crippen LogP contribution in [0.5, 0.6) is 0 Å². The smallest absolute Gasteiger partial charge is 0.157 e. The molecule has 3 nitrogen and oxygen atoms in total. The second-order valence-corrected chi connectivity index (χ2v) is 5.56. The molecule has 1 heterocycles. The third-order valence-corrected chi connectivity index (χ3v) is 3.58. The quantitative estimate of drug-likeness (QED) is 0.529. The van der Waals surface area contributed by atoms with Crippen molar-refractivity contribution in [2.24, 2.45) is 0 Å². The summed E-state index contributed by atoms with van der Waals surface area (Å²) in [6.45, 7) is 3.86. The molecule has 0 aliphatic carbocycles. The van der Waals surface area contributed by atoms with Crippen LogP contribution in [0, 0.1) is 0 Å². The van der Waals surface area contributed by atoms with E-state index in [1.807, 2.05) is 6.08 Å². The van der Waals surface area contributed by atoms with E-state index in [9.17, 15) is 8.42 Å². The predicted molar refractivity (Wildman–Crippen MR) is 54.5 cm³/mol. The highest BCUT2D eigenvalue weighted by Crippen LogP contribution is 2.09. The summed E-state index contributed by atoms with van der Waals surface area (Å²) in [4.78, 5) is 0. The molecular weight excluding hydrogens is 186 g/mol. The van der Waals surface area contributed by atoms with Gasteiger partial charge in [-0.05, 0) is 18.5 Å². The van der Waals surface area contributed by atoms with Crippen LogP contribution in [-0.2, 0) is 9.84 Å². The van der Waals surface area contributed by atoms with E-state index in [0.29, 0.717) is 0 Å². The van der Waals surface area contributed by atoms with Crippen molar-refractivity contribution in [2.45, 2.75) is 19.8 Å². The Morgan fingerprint density at radius 3 is 2.85 bits per heavy atom. The van der Waals surface area contributed by atoms with E-state index >= 15 is 0 Å². The third-order valence-electron chi connectivity index (χ3n) is 2.09. The summed E-state index contributed by atoms with van der Waals surface area (Å²) in [5.74, 6) is 0.490. The van der Waals surface area contributed by atoms with Crippen LogP contribution in [0.1, 0.15) is 19.8 Å². The Kier molecular flexibility index (Phi) is 3.93. The summed E-state index contributed by atoms with van der Waals surface area (Å²) < 4.78 is 22.1. The molecule has 0 bridgehead atoms. The van der Waals surface area contributed by atoms with E-state index in [2.05, 4.69) is 12.2 Å². The maximum Gasteiger partial charge on any atom is 0.157 e. The average molecular weight is 203 g/mol. The Balaban J connectivity index is 2.18. The first-order valence-corrected chi connectivity index (χ1v) is 6.55. The van der Waals surface area contributed by atoms with Crippen LogP contribution in [0.15, 0.2) is 11.6 Å². The lowest BCUT2D eigenvalue weighted by Crippen LogP contribution is -2.19. The van der Waals surface area contributed by atoms with Gasteiger partial charge in [-0.1, -0.05) is 19.4 Å². The molecule has 0 aromatic rings. The lowest BCUT2D eigenvalue weighted by molar-refractivity contribution is 0.602. The van der Waals surface area contributed by atoms with Crippen LogP contribution in [-0.4, -0.2) is 33.0 Å². The predicted octanol–water partition coefficient (Wildman–Crippen LogP) is 0.731. The van der Waals surface area contributed by atoms with Gasteiger partial charge in [0, 0.05) is 6.54 Å². The molecule has 13 heavy (non-hydrogen) atoms. The number of nitrogens with one attached hydrogen (secondary N) is 1. The maximum absolute atomic E-state index is 11.0. The Hall–Kier alpha value is -0.350. The van der Waals surface area contributed by atoms with Crippen molar-refractivity contribution in [2.75, 3.05) is 24.6 Å². The van der Waals surface area contributed by atoms with Crippen molar-refractivity contribution in [1.82, 2.24) is 5.32 Å². The van der Waals surface area contributed by atoms with Crippen LogP contribution in [0.2, 0.25) is 0 Å². The van der Waals surface area contributed by atoms with Gasteiger partial charge >= 0.3 is 0 Å². The summed E-state index contributed by atoms with van der Waals surface area (Å²) in [5, 5.41) is 3.23. The fourth-order valence-corrected chi connectivity index (χ4v) is 2.71. The summed E-state index contributed by atoms with van der Waals surface area (Å²) in [6.07, 6.45) is 4.15. The van der Waals surface area contributed by atoms with Crippen molar-refractivity contribution in [3.8, 4) is 0 Å². The monoisotopic (exact) mass is 203 g/mol. The fourth-order valence-electron chi connectivity index (χ4n) is 1.32. The Labute approximate surface area is 80.1 Å². The molecule has 0 spiro atoms. The topological polar surface area (TPSA) is 46.2 Å². The highest BCUT2D eigenvalue weighted by atomic mass is 32.2. The van der Waals surface area contributed by atoms with Crippen LogP contribution in [0.4, 0.5) is 0 Å². The van der Waals surface area contributed by atoms with E-state index in [1.54, 1.807) is 0 Å². The molecule has 0 radical (unpaired) electrons. The average Bonchev–Trinajstić information content (AvgIpc) is 2.40. The molecule has 0 fully saturated rings. The minimum Gasteiger partial charge on any atom is -0.313 e. The van der Waals surface area contributed by atoms with Gasteiger partial charge in [0.05, 0.1) is 11.5 Å². The van der Waals surface area contributed by atoms with Gasteiger partial charge in [0.25, 0.3) is 0 Å². The second kappa shape index (κ2) is 4.77. The van der Waals surface area contributed by atoms with Gasteiger partial charge in [-0.15, -0.1) is 0 Å². The molecule has 0 amide bonds. The lowest BCUT2D eigenvalue weighted by Gasteiger charge is -2.03. The molecule has 0 atom stereocenters. The molecule has 0 saturated heterocycles. The van der Waals surface area contributed by atoms with Gasteiger partial charge in [-0.25, -0.2) is 8.42 Å².